The molecule has 8 nitrogen and oxygen atoms in total. The normalized spacial score (nSPS) is 25.8. The van der Waals surface area contributed by atoms with Crippen LogP contribution in [0, 0.1) is 24.7 Å². The molecule has 0 spiro atoms. The van der Waals surface area contributed by atoms with Gasteiger partial charge >= 0.3 is 5.97 Å². The lowest BCUT2D eigenvalue weighted by molar-refractivity contribution is -0.169. The van der Waals surface area contributed by atoms with E-state index in [1.807, 2.05) is 31.2 Å². The van der Waals surface area contributed by atoms with E-state index in [1.54, 1.807) is 12.1 Å². The van der Waals surface area contributed by atoms with Crippen molar-refractivity contribution >= 4 is 17.6 Å². The van der Waals surface area contributed by atoms with E-state index in [2.05, 4.69) is 10.4 Å². The lowest BCUT2D eigenvalue weighted by Gasteiger charge is -2.56. The number of benzene rings is 2. The molecule has 0 saturated heterocycles. The fourth-order valence-electron chi connectivity index (χ4n) is 7.16. The summed E-state index contributed by atoms with van der Waals surface area (Å²) in [7, 11) is 0. The highest BCUT2D eigenvalue weighted by atomic mass is 16.5. The van der Waals surface area contributed by atoms with Crippen molar-refractivity contribution < 1.29 is 19.4 Å². The minimum Gasteiger partial charge on any atom is -0.478 e. The number of H-pyrrole nitrogens is 1. The van der Waals surface area contributed by atoms with Crippen LogP contribution < -0.4 is 10.9 Å². The van der Waals surface area contributed by atoms with Crippen molar-refractivity contribution in [3.63, 3.8) is 0 Å². The molecule has 3 N–H and O–H groups in total. The SMILES string of the molecule is Cc1ccccc1-n1[nH]c(COC23CC4CC(CC(C4)C2)C3)c(C(=O)Nc2cccc(C(=O)O)c2)c1=O. The zero-order valence-corrected chi connectivity index (χ0v) is 20.8. The molecule has 4 aliphatic carbocycles. The highest BCUT2D eigenvalue weighted by Crippen LogP contribution is 2.57. The van der Waals surface area contributed by atoms with Crippen molar-refractivity contribution in [2.75, 3.05) is 5.32 Å². The number of nitrogens with one attached hydrogen (secondary N) is 2. The molecular formula is C29H31N3O5. The molecule has 0 unspecified atom stereocenters. The Labute approximate surface area is 214 Å². The van der Waals surface area contributed by atoms with E-state index in [9.17, 15) is 19.5 Å². The summed E-state index contributed by atoms with van der Waals surface area (Å²) in [6, 6.07) is 13.5. The van der Waals surface area contributed by atoms with Crippen molar-refractivity contribution in [2.45, 2.75) is 57.7 Å². The molecule has 1 heterocycles. The molecule has 0 radical (unpaired) electrons. The number of nitrogens with zero attached hydrogens (tertiary/aromatic N) is 1. The minimum absolute atomic E-state index is 0.0197. The summed E-state index contributed by atoms with van der Waals surface area (Å²) in [6.45, 7) is 2.05. The predicted molar refractivity (Wildman–Crippen MR) is 138 cm³/mol. The molecule has 4 fully saturated rings. The van der Waals surface area contributed by atoms with Crippen molar-refractivity contribution in [1.82, 2.24) is 9.78 Å². The molecule has 4 aliphatic rings. The van der Waals surface area contributed by atoms with Gasteiger partial charge in [0.15, 0.2) is 0 Å². The lowest BCUT2D eigenvalue weighted by atomic mass is 9.54. The Morgan fingerprint density at radius 3 is 2.38 bits per heavy atom. The largest absolute Gasteiger partial charge is 0.478 e. The number of carbonyl (C=O) groups excluding carboxylic acids is 1. The average molecular weight is 502 g/mol. The first-order valence-electron chi connectivity index (χ1n) is 13.0. The number of anilines is 1. The van der Waals surface area contributed by atoms with Gasteiger partial charge < -0.3 is 15.2 Å². The van der Waals surface area contributed by atoms with E-state index in [0.29, 0.717) is 34.8 Å². The van der Waals surface area contributed by atoms with Gasteiger partial charge in [0.25, 0.3) is 11.5 Å². The van der Waals surface area contributed by atoms with Gasteiger partial charge in [0.05, 0.1) is 29.2 Å². The summed E-state index contributed by atoms with van der Waals surface area (Å²) in [5, 5.41) is 15.2. The van der Waals surface area contributed by atoms with Crippen LogP contribution in [0.4, 0.5) is 5.69 Å². The van der Waals surface area contributed by atoms with Gasteiger partial charge in [0.2, 0.25) is 0 Å². The maximum atomic E-state index is 13.6. The third-order valence-corrected chi connectivity index (χ3v) is 8.42. The summed E-state index contributed by atoms with van der Waals surface area (Å²) in [6.07, 6.45) is 7.03. The Morgan fingerprint density at radius 1 is 1.05 bits per heavy atom. The van der Waals surface area contributed by atoms with Crippen LogP contribution in [0.3, 0.4) is 0 Å². The van der Waals surface area contributed by atoms with Gasteiger partial charge in [-0.1, -0.05) is 24.3 Å². The minimum atomic E-state index is -1.09. The van der Waals surface area contributed by atoms with Gasteiger partial charge in [0, 0.05) is 5.69 Å². The number of aromatic carboxylic acids is 1. The number of ether oxygens (including phenoxy) is 1. The number of aromatic nitrogens is 2. The summed E-state index contributed by atoms with van der Waals surface area (Å²) < 4.78 is 8.01. The second-order valence-corrected chi connectivity index (χ2v) is 11.1. The topological polar surface area (TPSA) is 113 Å². The number of carboxylic acid groups (broad SMARTS) is 1. The van der Waals surface area contributed by atoms with Gasteiger partial charge in [-0.3, -0.25) is 14.7 Å². The molecule has 0 atom stereocenters. The Bertz CT molecular complexity index is 1400. The smallest absolute Gasteiger partial charge is 0.335 e. The van der Waals surface area contributed by atoms with Crippen molar-refractivity contribution in [3.05, 3.63) is 81.3 Å². The molecular weight excluding hydrogens is 470 g/mol. The van der Waals surface area contributed by atoms with Crippen LogP contribution in [0.2, 0.25) is 0 Å². The average Bonchev–Trinajstić information content (AvgIpc) is 3.18. The number of carbonyl (C=O) groups is 2. The van der Waals surface area contributed by atoms with Crippen LogP contribution in [-0.2, 0) is 11.3 Å². The maximum absolute atomic E-state index is 13.6. The van der Waals surface area contributed by atoms with Crippen molar-refractivity contribution in [3.8, 4) is 5.69 Å². The molecule has 7 rings (SSSR count). The molecule has 1 aromatic heterocycles. The molecule has 0 aliphatic heterocycles. The predicted octanol–water partition coefficient (Wildman–Crippen LogP) is 4.91. The number of hydrogen-bond donors (Lipinski definition) is 3. The van der Waals surface area contributed by atoms with Gasteiger partial charge in [-0.2, -0.15) is 0 Å². The van der Waals surface area contributed by atoms with Crippen molar-refractivity contribution in [2.24, 2.45) is 17.8 Å². The second-order valence-electron chi connectivity index (χ2n) is 11.1. The Kier molecular flexibility index (Phi) is 5.79. The summed E-state index contributed by atoms with van der Waals surface area (Å²) in [4.78, 5) is 38.4. The van der Waals surface area contributed by atoms with Crippen LogP contribution in [-0.4, -0.2) is 32.4 Å². The lowest BCUT2D eigenvalue weighted by Crippen LogP contribution is -2.51. The summed E-state index contributed by atoms with van der Waals surface area (Å²) in [5.74, 6) is 0.452. The molecule has 37 heavy (non-hydrogen) atoms. The van der Waals surface area contributed by atoms with E-state index in [-0.39, 0.29) is 23.3 Å². The van der Waals surface area contributed by atoms with Gasteiger partial charge in [-0.25, -0.2) is 9.48 Å². The molecule has 8 heteroatoms. The first-order chi connectivity index (χ1) is 17.8. The van der Waals surface area contributed by atoms with Crippen LogP contribution in [0.1, 0.15) is 70.5 Å². The molecule has 4 saturated carbocycles. The summed E-state index contributed by atoms with van der Waals surface area (Å²) in [5.41, 5.74) is 1.67. The Hall–Kier alpha value is -3.65. The molecule has 192 valence electrons. The number of amides is 1. The number of rotatable bonds is 7. The summed E-state index contributed by atoms with van der Waals surface area (Å²) >= 11 is 0. The number of aromatic amines is 1. The van der Waals surface area contributed by atoms with E-state index in [1.165, 1.54) is 36.1 Å². The second kappa shape index (κ2) is 9.03. The van der Waals surface area contributed by atoms with E-state index in [4.69, 9.17) is 4.74 Å². The fraction of sp³-hybridized carbons (Fsp3) is 0.414. The van der Waals surface area contributed by atoms with Crippen LogP contribution >= 0.6 is 0 Å². The van der Waals surface area contributed by atoms with E-state index >= 15 is 0 Å². The quantitative estimate of drug-likeness (QED) is 0.426. The van der Waals surface area contributed by atoms with Gasteiger partial charge in [0.1, 0.15) is 5.56 Å². The zero-order chi connectivity index (χ0) is 25.7. The number of aryl methyl sites for hydroxylation is 1. The van der Waals surface area contributed by atoms with Crippen molar-refractivity contribution in [1.29, 1.82) is 0 Å². The van der Waals surface area contributed by atoms with Crippen LogP contribution in [0.15, 0.2) is 53.3 Å². The first-order valence-corrected chi connectivity index (χ1v) is 13.0. The Morgan fingerprint density at radius 2 is 1.73 bits per heavy atom. The number of carboxylic acids is 1. The Balaban J connectivity index is 1.33. The highest BCUT2D eigenvalue weighted by molar-refractivity contribution is 6.05. The monoisotopic (exact) mass is 501 g/mol. The number of hydrogen-bond acceptors (Lipinski definition) is 4. The zero-order valence-electron chi connectivity index (χ0n) is 20.8. The fourth-order valence-corrected chi connectivity index (χ4v) is 7.16. The van der Waals surface area contributed by atoms with Gasteiger partial charge in [-0.15, -0.1) is 0 Å². The van der Waals surface area contributed by atoms with Crippen LogP contribution in [0.25, 0.3) is 5.69 Å². The van der Waals surface area contributed by atoms with Gasteiger partial charge in [-0.05, 0) is 93.0 Å². The van der Waals surface area contributed by atoms with Crippen LogP contribution in [0.5, 0.6) is 0 Å². The third-order valence-electron chi connectivity index (χ3n) is 8.42. The third kappa shape index (κ3) is 4.39. The number of para-hydroxylation sites is 1. The standard InChI is InChI=1S/C29H31N3O5/c1-17-5-2-3-8-24(17)32-27(34)25(26(33)30-22-7-4-6-21(12-22)28(35)36)23(31-32)16-37-29-13-18-9-19(14-29)11-20(10-18)15-29/h2-8,12,18-20,31H,9-11,13-16H2,1H3,(H,30,33)(H,35,36). The van der Waals surface area contributed by atoms with E-state index < -0.39 is 17.4 Å². The maximum Gasteiger partial charge on any atom is 0.335 e. The first kappa shape index (κ1) is 23.7. The highest BCUT2D eigenvalue weighted by Gasteiger charge is 2.51. The molecule has 2 aromatic carbocycles. The molecule has 4 bridgehead atoms. The molecule has 1 amide bonds. The molecule has 3 aromatic rings. The van der Waals surface area contributed by atoms with E-state index in [0.717, 1.165) is 24.8 Å².